The molecule has 2 N–H and O–H groups in total. The van der Waals surface area contributed by atoms with Crippen LogP contribution < -0.4 is 10.6 Å². The third kappa shape index (κ3) is 5.06. The zero-order valence-electron chi connectivity index (χ0n) is 14.4. The summed E-state index contributed by atoms with van der Waals surface area (Å²) in [6.07, 6.45) is 1.23. The molecule has 1 aliphatic rings. The van der Waals surface area contributed by atoms with Crippen LogP contribution in [0.3, 0.4) is 0 Å². The number of nitrogens with one attached hydrogen (secondary N) is 2. The van der Waals surface area contributed by atoms with E-state index in [1.165, 1.54) is 13.3 Å². The Hall–Kier alpha value is -1.88. The Balaban J connectivity index is 1.94. The summed E-state index contributed by atoms with van der Waals surface area (Å²) in [5.74, 6) is 1.17. The molecule has 1 fully saturated rings. The number of anilines is 2. The number of hydrogen-bond acceptors (Lipinski definition) is 3. The molecule has 0 spiro atoms. The molecule has 23 heavy (non-hydrogen) atoms. The van der Waals surface area contributed by atoms with Crippen LogP contribution in [0.4, 0.5) is 11.4 Å². The van der Waals surface area contributed by atoms with Crippen LogP contribution >= 0.6 is 0 Å². The predicted octanol–water partition coefficient (Wildman–Crippen LogP) is 2.95. The minimum absolute atomic E-state index is 0.0126. The number of rotatable bonds is 4. The van der Waals surface area contributed by atoms with Crippen molar-refractivity contribution in [3.63, 3.8) is 0 Å². The standard InChI is InChI=1S/C18H27N3O2/c1-12-9-13(2)11-21(10-12)14(3)18(23)20-17-7-5-16(6-8-17)19-15(4)22/h5-8,12-14H,9-11H2,1-4H3,(H,19,22)(H,20,23)/t12-,13-,14-/m0/s1. The quantitative estimate of drug-likeness (QED) is 0.897. The Kier molecular flexibility index (Phi) is 5.77. The molecule has 1 heterocycles. The van der Waals surface area contributed by atoms with E-state index in [9.17, 15) is 9.59 Å². The molecule has 2 amide bonds. The first-order chi connectivity index (χ1) is 10.8. The first kappa shape index (κ1) is 17.5. The molecule has 0 aromatic heterocycles. The minimum atomic E-state index is -0.143. The number of piperidine rings is 1. The molecule has 1 saturated heterocycles. The normalized spacial score (nSPS) is 23.1. The van der Waals surface area contributed by atoms with Crippen LogP contribution in [0, 0.1) is 11.8 Å². The molecule has 2 rings (SSSR count). The van der Waals surface area contributed by atoms with Crippen molar-refractivity contribution in [3.8, 4) is 0 Å². The van der Waals surface area contributed by atoms with Gasteiger partial charge in [-0.1, -0.05) is 13.8 Å². The Morgan fingerprint density at radius 1 is 1.04 bits per heavy atom. The van der Waals surface area contributed by atoms with Gasteiger partial charge >= 0.3 is 0 Å². The highest BCUT2D eigenvalue weighted by atomic mass is 16.2. The van der Waals surface area contributed by atoms with Gasteiger partial charge in [-0.15, -0.1) is 0 Å². The van der Waals surface area contributed by atoms with Crippen molar-refractivity contribution in [2.45, 2.75) is 40.2 Å². The highest BCUT2D eigenvalue weighted by Gasteiger charge is 2.28. The number of carbonyl (C=O) groups excluding carboxylic acids is 2. The van der Waals surface area contributed by atoms with Gasteiger partial charge in [0.1, 0.15) is 0 Å². The van der Waals surface area contributed by atoms with Crippen LogP contribution in [0.2, 0.25) is 0 Å². The van der Waals surface area contributed by atoms with Crippen LogP contribution in [0.5, 0.6) is 0 Å². The van der Waals surface area contributed by atoms with Gasteiger partial charge < -0.3 is 10.6 Å². The third-order valence-corrected chi connectivity index (χ3v) is 4.30. The molecular weight excluding hydrogens is 290 g/mol. The molecule has 1 aliphatic heterocycles. The number of benzene rings is 1. The van der Waals surface area contributed by atoms with Gasteiger partial charge in [-0.25, -0.2) is 0 Å². The first-order valence-electron chi connectivity index (χ1n) is 8.27. The Morgan fingerprint density at radius 3 is 2.00 bits per heavy atom. The van der Waals surface area contributed by atoms with E-state index in [-0.39, 0.29) is 17.9 Å². The van der Waals surface area contributed by atoms with Gasteiger partial charge in [0.15, 0.2) is 0 Å². The van der Waals surface area contributed by atoms with Crippen LogP contribution in [0.15, 0.2) is 24.3 Å². The van der Waals surface area contributed by atoms with Gasteiger partial charge in [0.05, 0.1) is 6.04 Å². The van der Waals surface area contributed by atoms with Gasteiger partial charge in [0.25, 0.3) is 0 Å². The summed E-state index contributed by atoms with van der Waals surface area (Å²) in [7, 11) is 0. The summed E-state index contributed by atoms with van der Waals surface area (Å²) in [6.45, 7) is 9.87. The maximum absolute atomic E-state index is 12.5. The summed E-state index contributed by atoms with van der Waals surface area (Å²) in [4.78, 5) is 25.7. The maximum Gasteiger partial charge on any atom is 0.241 e. The van der Waals surface area contributed by atoms with Crippen LogP contribution in [0.1, 0.15) is 34.1 Å². The minimum Gasteiger partial charge on any atom is -0.326 e. The lowest BCUT2D eigenvalue weighted by Crippen LogP contribution is -2.48. The summed E-state index contributed by atoms with van der Waals surface area (Å²) in [6, 6.07) is 7.03. The molecule has 0 bridgehead atoms. The Morgan fingerprint density at radius 2 is 1.52 bits per heavy atom. The molecule has 126 valence electrons. The monoisotopic (exact) mass is 317 g/mol. The van der Waals surface area contributed by atoms with Gasteiger partial charge in [-0.05, 0) is 49.4 Å². The number of likely N-dealkylation sites (tertiary alicyclic amines) is 1. The van der Waals surface area contributed by atoms with Crippen molar-refractivity contribution < 1.29 is 9.59 Å². The Bertz CT molecular complexity index is 546. The number of carbonyl (C=O) groups is 2. The number of hydrogen-bond donors (Lipinski definition) is 2. The molecule has 1 aromatic carbocycles. The molecule has 1 aromatic rings. The molecule has 0 radical (unpaired) electrons. The van der Waals surface area contributed by atoms with Crippen LogP contribution in [-0.4, -0.2) is 35.8 Å². The molecule has 0 aliphatic carbocycles. The first-order valence-corrected chi connectivity index (χ1v) is 8.27. The molecular formula is C18H27N3O2. The van der Waals surface area contributed by atoms with Crippen molar-refractivity contribution in [1.29, 1.82) is 0 Å². The lowest BCUT2D eigenvalue weighted by Gasteiger charge is -2.38. The largest absolute Gasteiger partial charge is 0.326 e. The lowest BCUT2D eigenvalue weighted by atomic mass is 9.91. The van der Waals surface area contributed by atoms with E-state index in [2.05, 4.69) is 29.4 Å². The summed E-state index contributed by atoms with van der Waals surface area (Å²) < 4.78 is 0. The van der Waals surface area contributed by atoms with Crippen molar-refractivity contribution in [3.05, 3.63) is 24.3 Å². The van der Waals surface area contributed by atoms with E-state index in [1.54, 1.807) is 24.3 Å². The van der Waals surface area contributed by atoms with Crippen molar-refractivity contribution in [2.75, 3.05) is 23.7 Å². The molecule has 3 atom stereocenters. The predicted molar refractivity (Wildman–Crippen MR) is 93.4 cm³/mol. The van der Waals surface area contributed by atoms with Gasteiger partial charge in [-0.3, -0.25) is 14.5 Å². The topological polar surface area (TPSA) is 61.4 Å². The molecule has 5 nitrogen and oxygen atoms in total. The zero-order chi connectivity index (χ0) is 17.0. The van der Waals surface area contributed by atoms with Gasteiger partial charge in [-0.2, -0.15) is 0 Å². The van der Waals surface area contributed by atoms with E-state index in [1.807, 2.05) is 6.92 Å². The van der Waals surface area contributed by atoms with Crippen molar-refractivity contribution in [1.82, 2.24) is 4.90 Å². The Labute approximate surface area is 138 Å². The fourth-order valence-corrected chi connectivity index (χ4v) is 3.28. The van der Waals surface area contributed by atoms with E-state index >= 15 is 0 Å². The van der Waals surface area contributed by atoms with Crippen LogP contribution in [-0.2, 0) is 9.59 Å². The SMILES string of the molecule is CC(=O)Nc1ccc(NC(=O)[C@H](C)N2C[C@@H](C)C[C@H](C)C2)cc1. The van der Waals surface area contributed by atoms with Crippen molar-refractivity contribution >= 4 is 23.2 Å². The highest BCUT2D eigenvalue weighted by Crippen LogP contribution is 2.23. The summed E-state index contributed by atoms with van der Waals surface area (Å²) >= 11 is 0. The second kappa shape index (κ2) is 7.59. The second-order valence-electron chi connectivity index (χ2n) is 6.82. The number of nitrogens with zero attached hydrogens (tertiary/aromatic N) is 1. The zero-order valence-corrected chi connectivity index (χ0v) is 14.4. The third-order valence-electron chi connectivity index (χ3n) is 4.30. The van der Waals surface area contributed by atoms with Crippen molar-refractivity contribution in [2.24, 2.45) is 11.8 Å². The fourth-order valence-electron chi connectivity index (χ4n) is 3.28. The average molecular weight is 317 g/mol. The van der Waals surface area contributed by atoms with E-state index in [0.717, 1.165) is 24.5 Å². The van der Waals surface area contributed by atoms with Gasteiger partial charge in [0, 0.05) is 31.4 Å². The fraction of sp³-hybridized carbons (Fsp3) is 0.556. The molecule has 0 saturated carbocycles. The lowest BCUT2D eigenvalue weighted by molar-refractivity contribution is -0.121. The number of amides is 2. The smallest absolute Gasteiger partial charge is 0.241 e. The van der Waals surface area contributed by atoms with E-state index in [0.29, 0.717) is 11.8 Å². The molecule has 0 unspecified atom stereocenters. The maximum atomic E-state index is 12.5. The summed E-state index contributed by atoms with van der Waals surface area (Å²) in [5, 5.41) is 5.67. The summed E-state index contributed by atoms with van der Waals surface area (Å²) in [5.41, 5.74) is 1.47. The molecule has 5 heteroatoms. The van der Waals surface area contributed by atoms with Gasteiger partial charge in [0.2, 0.25) is 11.8 Å². The van der Waals surface area contributed by atoms with Crippen LogP contribution in [0.25, 0.3) is 0 Å². The average Bonchev–Trinajstić information content (AvgIpc) is 2.47. The van der Waals surface area contributed by atoms with E-state index < -0.39 is 0 Å². The van der Waals surface area contributed by atoms with E-state index in [4.69, 9.17) is 0 Å². The second-order valence-corrected chi connectivity index (χ2v) is 6.82. The highest BCUT2D eigenvalue weighted by molar-refractivity contribution is 5.95.